The third-order valence-electron chi connectivity index (χ3n) is 3.84. The Morgan fingerprint density at radius 2 is 1.79 bits per heavy atom. The molecule has 0 aliphatic carbocycles. The summed E-state index contributed by atoms with van der Waals surface area (Å²) < 4.78 is 6.17. The Labute approximate surface area is 148 Å². The van der Waals surface area contributed by atoms with Gasteiger partial charge in [0.1, 0.15) is 0 Å². The molecule has 2 amide bonds. The zero-order valence-corrected chi connectivity index (χ0v) is 14.7. The minimum absolute atomic E-state index is 0.0776. The van der Waals surface area contributed by atoms with Gasteiger partial charge in [0.25, 0.3) is 0 Å². The number of nitrogens with zero attached hydrogens (tertiary/aromatic N) is 1. The van der Waals surface area contributed by atoms with Crippen LogP contribution in [0.2, 0.25) is 0 Å². The molecule has 1 aliphatic heterocycles. The molecule has 0 N–H and O–H groups in total. The maximum absolute atomic E-state index is 12.6. The largest absolute Gasteiger partial charge is 0.427 e. The van der Waals surface area contributed by atoms with Crippen molar-refractivity contribution in [2.24, 2.45) is 0 Å². The second-order valence-corrected chi connectivity index (χ2v) is 6.31. The van der Waals surface area contributed by atoms with Gasteiger partial charge in [0, 0.05) is 4.47 Å². The van der Waals surface area contributed by atoms with E-state index in [1.54, 1.807) is 18.2 Å². The van der Waals surface area contributed by atoms with Crippen molar-refractivity contribution in [3.8, 4) is 0 Å². The van der Waals surface area contributed by atoms with Gasteiger partial charge in [0.2, 0.25) is 0 Å². The number of anilines is 1. The molecule has 2 aromatic carbocycles. The molecule has 1 saturated heterocycles. The molecule has 1 fully saturated rings. The molecule has 3 rings (SSSR count). The highest BCUT2D eigenvalue weighted by Gasteiger charge is 2.38. The second-order valence-electron chi connectivity index (χ2n) is 5.39. The molecule has 0 radical (unpaired) electrons. The summed E-state index contributed by atoms with van der Waals surface area (Å²) in [5.74, 6) is -0.341. The number of allylic oxidation sites excluding steroid dienone is 1. The number of carbonyl (C=O) groups excluding carboxylic acids is 2. The first-order chi connectivity index (χ1) is 11.6. The van der Waals surface area contributed by atoms with Crippen molar-refractivity contribution in [1.82, 2.24) is 0 Å². The molecular formula is C19H16BrNO3. The number of imide groups is 1. The molecule has 4 nitrogen and oxygen atoms in total. The number of hydrogen-bond donors (Lipinski definition) is 0. The quantitative estimate of drug-likeness (QED) is 0.721. The Kier molecular flexibility index (Phi) is 4.81. The zero-order valence-electron chi connectivity index (χ0n) is 13.2. The van der Waals surface area contributed by atoms with Gasteiger partial charge in [0.15, 0.2) is 5.76 Å². The Hall–Kier alpha value is -2.40. The van der Waals surface area contributed by atoms with Crippen molar-refractivity contribution in [3.63, 3.8) is 0 Å². The standard InChI is InChI=1S/C19H16BrNO3/c1-2-14-5-3-4-6-16(14)21-18(22)17(24-19(21)23)12-9-13-7-10-15(20)11-8-13/h3-8,10-12H,2,9H2,1H3. The minimum Gasteiger partial charge on any atom is -0.404 e. The molecule has 2 aromatic rings. The maximum atomic E-state index is 12.6. The van der Waals surface area contributed by atoms with Gasteiger partial charge in [-0.05, 0) is 48.2 Å². The van der Waals surface area contributed by atoms with Gasteiger partial charge in [-0.2, -0.15) is 0 Å². The van der Waals surface area contributed by atoms with Crippen LogP contribution in [0.25, 0.3) is 0 Å². The minimum atomic E-state index is -0.650. The van der Waals surface area contributed by atoms with Crippen LogP contribution in [-0.4, -0.2) is 12.0 Å². The average molecular weight is 386 g/mol. The van der Waals surface area contributed by atoms with E-state index in [9.17, 15) is 9.59 Å². The molecule has 0 bridgehead atoms. The van der Waals surface area contributed by atoms with Crippen LogP contribution >= 0.6 is 15.9 Å². The smallest absolute Gasteiger partial charge is 0.404 e. The van der Waals surface area contributed by atoms with Gasteiger partial charge in [-0.1, -0.05) is 53.2 Å². The maximum Gasteiger partial charge on any atom is 0.427 e. The Morgan fingerprint density at radius 3 is 2.50 bits per heavy atom. The molecule has 0 saturated carbocycles. The molecule has 24 heavy (non-hydrogen) atoms. The van der Waals surface area contributed by atoms with E-state index in [1.807, 2.05) is 43.3 Å². The molecule has 0 aromatic heterocycles. The summed E-state index contributed by atoms with van der Waals surface area (Å²) in [7, 11) is 0. The first-order valence-corrected chi connectivity index (χ1v) is 8.48. The lowest BCUT2D eigenvalue weighted by molar-refractivity contribution is -0.114. The third-order valence-corrected chi connectivity index (χ3v) is 4.37. The van der Waals surface area contributed by atoms with Crippen LogP contribution < -0.4 is 4.90 Å². The molecule has 0 unspecified atom stereocenters. The highest BCUT2D eigenvalue weighted by Crippen LogP contribution is 2.28. The normalized spacial score (nSPS) is 15.9. The van der Waals surface area contributed by atoms with Gasteiger partial charge in [0.05, 0.1) is 5.69 Å². The number of amides is 2. The Morgan fingerprint density at radius 1 is 1.08 bits per heavy atom. The predicted octanol–water partition coefficient (Wildman–Crippen LogP) is 4.62. The van der Waals surface area contributed by atoms with Crippen molar-refractivity contribution in [3.05, 3.63) is 76.0 Å². The highest BCUT2D eigenvalue weighted by molar-refractivity contribution is 9.10. The number of aryl methyl sites for hydroxylation is 1. The summed E-state index contributed by atoms with van der Waals surface area (Å²) in [6.07, 6.45) is 2.25. The van der Waals surface area contributed by atoms with Crippen LogP contribution in [0, 0.1) is 0 Å². The fraction of sp³-hybridized carbons (Fsp3) is 0.158. The van der Waals surface area contributed by atoms with E-state index in [4.69, 9.17) is 4.74 Å². The zero-order chi connectivity index (χ0) is 17.1. The SMILES string of the molecule is CCc1ccccc1N1C(=O)OC(=CCc2ccc(Br)cc2)C1=O. The van der Waals surface area contributed by atoms with Crippen LogP contribution in [0.3, 0.4) is 0 Å². The van der Waals surface area contributed by atoms with Crippen molar-refractivity contribution >= 4 is 33.6 Å². The molecule has 5 heteroatoms. The molecule has 1 heterocycles. The predicted molar refractivity (Wildman–Crippen MR) is 95.7 cm³/mol. The summed E-state index contributed by atoms with van der Waals surface area (Å²) in [6, 6.07) is 15.1. The lowest BCUT2D eigenvalue weighted by Gasteiger charge is -2.14. The van der Waals surface area contributed by atoms with E-state index in [2.05, 4.69) is 15.9 Å². The Bertz CT molecular complexity index is 812. The summed E-state index contributed by atoms with van der Waals surface area (Å²) in [6.45, 7) is 1.98. The van der Waals surface area contributed by atoms with Crippen molar-refractivity contribution in [1.29, 1.82) is 0 Å². The first kappa shape index (κ1) is 16.5. The van der Waals surface area contributed by atoms with Crippen LogP contribution in [0.15, 0.2) is 64.8 Å². The van der Waals surface area contributed by atoms with Gasteiger partial charge in [-0.25, -0.2) is 9.69 Å². The molecule has 0 atom stereocenters. The topological polar surface area (TPSA) is 46.6 Å². The lowest BCUT2D eigenvalue weighted by Crippen LogP contribution is -2.29. The van der Waals surface area contributed by atoms with E-state index in [0.29, 0.717) is 12.1 Å². The van der Waals surface area contributed by atoms with E-state index >= 15 is 0 Å². The number of rotatable bonds is 4. The number of ether oxygens (including phenoxy) is 1. The van der Waals surface area contributed by atoms with Crippen LogP contribution in [-0.2, 0) is 22.4 Å². The molecule has 122 valence electrons. The number of carbonyl (C=O) groups is 2. The van der Waals surface area contributed by atoms with E-state index in [0.717, 1.165) is 26.9 Å². The van der Waals surface area contributed by atoms with Crippen molar-refractivity contribution < 1.29 is 14.3 Å². The van der Waals surface area contributed by atoms with Gasteiger partial charge >= 0.3 is 12.0 Å². The molecule has 1 aliphatic rings. The monoisotopic (exact) mass is 385 g/mol. The van der Waals surface area contributed by atoms with E-state index in [-0.39, 0.29) is 5.76 Å². The second kappa shape index (κ2) is 7.01. The third kappa shape index (κ3) is 3.26. The number of halogens is 1. The fourth-order valence-electron chi connectivity index (χ4n) is 2.57. The lowest BCUT2D eigenvalue weighted by atomic mass is 10.1. The van der Waals surface area contributed by atoms with Crippen LogP contribution in [0.1, 0.15) is 18.1 Å². The summed E-state index contributed by atoms with van der Waals surface area (Å²) >= 11 is 3.38. The summed E-state index contributed by atoms with van der Waals surface area (Å²) in [4.78, 5) is 25.8. The van der Waals surface area contributed by atoms with Crippen molar-refractivity contribution in [2.75, 3.05) is 4.90 Å². The van der Waals surface area contributed by atoms with E-state index in [1.165, 1.54) is 0 Å². The van der Waals surface area contributed by atoms with Gasteiger partial charge in [-0.15, -0.1) is 0 Å². The van der Waals surface area contributed by atoms with Crippen LogP contribution in [0.5, 0.6) is 0 Å². The molecule has 0 spiro atoms. The molecular weight excluding hydrogens is 370 g/mol. The number of cyclic esters (lactones) is 1. The fourth-order valence-corrected chi connectivity index (χ4v) is 2.84. The number of para-hydroxylation sites is 1. The summed E-state index contributed by atoms with van der Waals surface area (Å²) in [5.41, 5.74) is 2.54. The summed E-state index contributed by atoms with van der Waals surface area (Å²) in [5, 5.41) is 0. The Balaban J connectivity index is 1.83. The van der Waals surface area contributed by atoms with Crippen LogP contribution in [0.4, 0.5) is 10.5 Å². The van der Waals surface area contributed by atoms with Gasteiger partial charge < -0.3 is 4.74 Å². The number of hydrogen-bond acceptors (Lipinski definition) is 3. The average Bonchev–Trinajstić information content (AvgIpc) is 2.88. The number of benzene rings is 2. The van der Waals surface area contributed by atoms with E-state index < -0.39 is 12.0 Å². The van der Waals surface area contributed by atoms with Gasteiger partial charge in [-0.3, -0.25) is 4.79 Å². The first-order valence-electron chi connectivity index (χ1n) is 7.69. The highest BCUT2D eigenvalue weighted by atomic mass is 79.9. The van der Waals surface area contributed by atoms with Crippen molar-refractivity contribution in [2.45, 2.75) is 19.8 Å².